The van der Waals surface area contributed by atoms with Crippen LogP contribution in [-0.2, 0) is 4.74 Å². The molecule has 2 aliphatic rings. The Kier molecular flexibility index (Phi) is 7.98. The largest absolute Gasteiger partial charge is 0.497 e. The minimum absolute atomic E-state index is 0.0153. The Morgan fingerprint density at radius 2 is 1.83 bits per heavy atom. The lowest BCUT2D eigenvalue weighted by atomic mass is 9.98. The van der Waals surface area contributed by atoms with Gasteiger partial charge in [0, 0.05) is 56.6 Å². The molecule has 2 saturated heterocycles. The van der Waals surface area contributed by atoms with Gasteiger partial charge < -0.3 is 28.9 Å². The van der Waals surface area contributed by atoms with Crippen molar-refractivity contribution in [3.63, 3.8) is 0 Å². The molecule has 0 unspecified atom stereocenters. The average molecular weight is 499 g/mol. The van der Waals surface area contributed by atoms with Crippen LogP contribution >= 0.6 is 11.3 Å². The van der Waals surface area contributed by atoms with Gasteiger partial charge in [-0.25, -0.2) is 9.78 Å². The standard InChI is InChI=1S/C25H30N4O5S/c1-4-15-34-25(31)29-9-7-18(8-10-29)23-26-20(17-35-23)24(30)28-13-11-27(12-14-28)21-6-5-19(32-2)16-22(21)33-3/h1,5-6,16-18H,7-15H2,2-3H3. The first-order valence-corrected chi connectivity index (χ1v) is 12.5. The number of piperidine rings is 1. The Bertz CT molecular complexity index is 1080. The molecule has 0 saturated carbocycles. The van der Waals surface area contributed by atoms with Gasteiger partial charge in [-0.1, -0.05) is 5.92 Å². The second kappa shape index (κ2) is 11.3. The highest BCUT2D eigenvalue weighted by Gasteiger charge is 2.29. The van der Waals surface area contributed by atoms with Gasteiger partial charge >= 0.3 is 6.09 Å². The van der Waals surface area contributed by atoms with E-state index in [1.165, 1.54) is 11.3 Å². The van der Waals surface area contributed by atoms with Gasteiger partial charge in [0.2, 0.25) is 0 Å². The summed E-state index contributed by atoms with van der Waals surface area (Å²) >= 11 is 1.52. The molecule has 0 spiro atoms. The quantitative estimate of drug-likeness (QED) is 0.566. The molecular weight excluding hydrogens is 468 g/mol. The topological polar surface area (TPSA) is 84.4 Å². The van der Waals surface area contributed by atoms with Gasteiger partial charge in [0.05, 0.1) is 24.9 Å². The number of amides is 2. The van der Waals surface area contributed by atoms with E-state index in [0.29, 0.717) is 45.0 Å². The zero-order valence-corrected chi connectivity index (χ0v) is 20.9. The van der Waals surface area contributed by atoms with Crippen molar-refractivity contribution in [2.75, 3.05) is 65.0 Å². The summed E-state index contributed by atoms with van der Waals surface area (Å²) in [7, 11) is 3.27. The van der Waals surface area contributed by atoms with Crippen LogP contribution in [0, 0.1) is 12.3 Å². The maximum atomic E-state index is 13.1. The highest BCUT2D eigenvalue weighted by Crippen LogP contribution is 2.33. The number of piperazine rings is 1. The van der Waals surface area contributed by atoms with Crippen LogP contribution in [0.1, 0.15) is 34.3 Å². The first-order chi connectivity index (χ1) is 17.0. The summed E-state index contributed by atoms with van der Waals surface area (Å²) in [5.74, 6) is 4.00. The minimum Gasteiger partial charge on any atom is -0.497 e. The molecule has 4 rings (SSSR count). The highest BCUT2D eigenvalue weighted by molar-refractivity contribution is 7.09. The van der Waals surface area contributed by atoms with E-state index in [2.05, 4.69) is 15.8 Å². The first-order valence-electron chi connectivity index (χ1n) is 11.6. The minimum atomic E-state index is -0.372. The molecule has 9 nitrogen and oxygen atoms in total. The summed E-state index contributed by atoms with van der Waals surface area (Å²) in [5, 5.41) is 2.80. The summed E-state index contributed by atoms with van der Waals surface area (Å²) in [6.45, 7) is 3.80. The number of carbonyl (C=O) groups excluding carboxylic acids is 2. The maximum Gasteiger partial charge on any atom is 0.410 e. The Morgan fingerprint density at radius 1 is 1.09 bits per heavy atom. The number of thiazole rings is 1. The number of ether oxygens (including phenoxy) is 3. The van der Waals surface area contributed by atoms with Gasteiger partial charge in [-0.2, -0.15) is 0 Å². The summed E-state index contributed by atoms with van der Waals surface area (Å²) in [6, 6.07) is 5.77. The third-order valence-corrected chi connectivity index (χ3v) is 7.42. The Labute approximate surface area is 209 Å². The lowest BCUT2D eigenvalue weighted by molar-refractivity contribution is 0.0741. The van der Waals surface area contributed by atoms with Crippen LogP contribution in [-0.4, -0.2) is 86.9 Å². The number of hydrogen-bond acceptors (Lipinski definition) is 8. The van der Waals surface area contributed by atoms with Gasteiger partial charge in [0.25, 0.3) is 5.91 Å². The van der Waals surface area contributed by atoms with Gasteiger partial charge in [-0.15, -0.1) is 17.8 Å². The third kappa shape index (κ3) is 5.62. The molecule has 1 aromatic heterocycles. The lowest BCUT2D eigenvalue weighted by Gasteiger charge is -2.36. The molecular formula is C25H30N4O5S. The van der Waals surface area contributed by atoms with Gasteiger partial charge in [-0.05, 0) is 25.0 Å². The molecule has 0 aliphatic carbocycles. The highest BCUT2D eigenvalue weighted by atomic mass is 32.1. The smallest absolute Gasteiger partial charge is 0.410 e. The number of rotatable bonds is 6. The second-order valence-corrected chi connectivity index (χ2v) is 9.30. The van der Waals surface area contributed by atoms with Crippen LogP contribution in [0.3, 0.4) is 0 Å². The molecule has 10 heteroatoms. The van der Waals surface area contributed by atoms with Crippen LogP contribution < -0.4 is 14.4 Å². The Hall–Kier alpha value is -3.45. The molecule has 0 atom stereocenters. The summed E-state index contributed by atoms with van der Waals surface area (Å²) in [4.78, 5) is 35.5. The number of benzene rings is 1. The first kappa shape index (κ1) is 24.7. The second-order valence-electron chi connectivity index (χ2n) is 8.41. The van der Waals surface area contributed by atoms with E-state index in [4.69, 9.17) is 20.6 Å². The van der Waals surface area contributed by atoms with E-state index in [1.54, 1.807) is 19.1 Å². The molecule has 1 aromatic carbocycles. The Balaban J connectivity index is 1.31. The fraction of sp³-hybridized carbons (Fsp3) is 0.480. The third-order valence-electron chi connectivity index (χ3n) is 6.42. The van der Waals surface area contributed by atoms with Crippen LogP contribution in [0.5, 0.6) is 11.5 Å². The summed E-state index contributed by atoms with van der Waals surface area (Å²) in [5.41, 5.74) is 1.49. The van der Waals surface area contributed by atoms with E-state index in [9.17, 15) is 9.59 Å². The van der Waals surface area contributed by atoms with Gasteiger partial charge in [-0.3, -0.25) is 4.79 Å². The number of hydrogen-bond donors (Lipinski definition) is 0. The zero-order valence-electron chi connectivity index (χ0n) is 20.1. The number of carbonyl (C=O) groups is 2. The van der Waals surface area contributed by atoms with Crippen molar-refractivity contribution in [3.05, 3.63) is 34.3 Å². The zero-order chi connectivity index (χ0) is 24.8. The molecule has 0 bridgehead atoms. The molecule has 35 heavy (non-hydrogen) atoms. The van der Waals surface area contributed by atoms with Crippen molar-refractivity contribution in [1.82, 2.24) is 14.8 Å². The van der Waals surface area contributed by atoms with Crippen molar-refractivity contribution in [3.8, 4) is 23.8 Å². The SMILES string of the molecule is C#CCOC(=O)N1CCC(c2nc(C(=O)N3CCN(c4ccc(OC)cc4OC)CC3)cs2)CC1. The van der Waals surface area contributed by atoms with Crippen LogP contribution in [0.25, 0.3) is 0 Å². The monoisotopic (exact) mass is 498 g/mol. The van der Waals surface area contributed by atoms with Crippen molar-refractivity contribution in [1.29, 1.82) is 0 Å². The van der Waals surface area contributed by atoms with E-state index in [-0.39, 0.29) is 24.5 Å². The molecule has 0 N–H and O–H groups in total. The summed E-state index contributed by atoms with van der Waals surface area (Å²) < 4.78 is 15.8. The van der Waals surface area contributed by atoms with E-state index in [1.807, 2.05) is 28.5 Å². The van der Waals surface area contributed by atoms with Crippen molar-refractivity contribution in [2.45, 2.75) is 18.8 Å². The van der Waals surface area contributed by atoms with Gasteiger partial charge in [0.15, 0.2) is 6.61 Å². The van der Waals surface area contributed by atoms with Gasteiger partial charge in [0.1, 0.15) is 17.2 Å². The maximum absolute atomic E-state index is 13.1. The predicted octanol–water partition coefficient (Wildman–Crippen LogP) is 3.07. The number of methoxy groups -OCH3 is 2. The predicted molar refractivity (Wildman–Crippen MR) is 134 cm³/mol. The number of aromatic nitrogens is 1. The molecule has 2 aromatic rings. The molecule has 2 amide bonds. The van der Waals surface area contributed by atoms with E-state index in [0.717, 1.165) is 35.0 Å². The molecule has 2 aliphatic heterocycles. The average Bonchev–Trinajstić information content (AvgIpc) is 3.41. The van der Waals surface area contributed by atoms with Crippen LogP contribution in [0.4, 0.5) is 10.5 Å². The van der Waals surface area contributed by atoms with Crippen molar-refractivity contribution >= 4 is 29.0 Å². The normalized spacial score (nSPS) is 16.5. The van der Waals surface area contributed by atoms with E-state index < -0.39 is 0 Å². The number of likely N-dealkylation sites (tertiary alicyclic amines) is 1. The molecule has 0 radical (unpaired) electrons. The molecule has 186 valence electrons. The number of terminal acetylenes is 1. The molecule has 2 fully saturated rings. The van der Waals surface area contributed by atoms with Crippen LogP contribution in [0.15, 0.2) is 23.6 Å². The van der Waals surface area contributed by atoms with Crippen molar-refractivity contribution in [2.24, 2.45) is 0 Å². The summed E-state index contributed by atoms with van der Waals surface area (Å²) in [6.07, 6.45) is 6.35. The number of nitrogens with zero attached hydrogens (tertiary/aromatic N) is 4. The lowest BCUT2D eigenvalue weighted by Crippen LogP contribution is -2.49. The Morgan fingerprint density at radius 3 is 2.49 bits per heavy atom. The van der Waals surface area contributed by atoms with E-state index >= 15 is 0 Å². The fourth-order valence-electron chi connectivity index (χ4n) is 4.44. The number of anilines is 1. The van der Waals surface area contributed by atoms with Crippen LogP contribution in [0.2, 0.25) is 0 Å². The fourth-order valence-corrected chi connectivity index (χ4v) is 5.40. The molecule has 3 heterocycles. The van der Waals surface area contributed by atoms with Crippen molar-refractivity contribution < 1.29 is 23.8 Å².